The van der Waals surface area contributed by atoms with Gasteiger partial charge in [0, 0.05) is 12.8 Å². The van der Waals surface area contributed by atoms with Crippen LogP contribution in [0.3, 0.4) is 0 Å². The molecule has 0 rings (SSSR count). The van der Waals surface area contributed by atoms with Crippen molar-refractivity contribution in [2.24, 2.45) is 0 Å². The molecule has 0 spiro atoms. The molecule has 190 valence electrons. The third-order valence-corrected chi connectivity index (χ3v) is 5.72. The SMILES string of the molecule is CCCCCCCCCCCC(=O)OC(O)(CO)OC(=O)CCCCCCCCCCC. The molecule has 0 saturated heterocycles. The van der Waals surface area contributed by atoms with Gasteiger partial charge in [0.05, 0.1) is 0 Å². The Morgan fingerprint density at radius 1 is 0.562 bits per heavy atom. The van der Waals surface area contributed by atoms with Crippen molar-refractivity contribution in [3.63, 3.8) is 0 Å². The summed E-state index contributed by atoms with van der Waals surface area (Å²) in [5, 5.41) is 19.5. The Balaban J connectivity index is 3.83. The normalized spacial score (nSPS) is 11.5. The maximum atomic E-state index is 11.9. The molecule has 0 aromatic carbocycles. The van der Waals surface area contributed by atoms with Gasteiger partial charge < -0.3 is 19.7 Å². The van der Waals surface area contributed by atoms with E-state index in [9.17, 15) is 19.8 Å². The molecule has 0 amide bonds. The fourth-order valence-corrected chi connectivity index (χ4v) is 3.70. The molecule has 0 atom stereocenters. The summed E-state index contributed by atoms with van der Waals surface area (Å²) in [5.74, 6) is -3.91. The van der Waals surface area contributed by atoms with Gasteiger partial charge in [-0.3, -0.25) is 9.59 Å². The van der Waals surface area contributed by atoms with Gasteiger partial charge in [-0.1, -0.05) is 117 Å². The molecule has 6 nitrogen and oxygen atoms in total. The minimum atomic E-state index is -2.58. The Bertz CT molecular complexity index is 416. The van der Waals surface area contributed by atoms with Crippen molar-refractivity contribution >= 4 is 11.9 Å². The molecule has 6 heteroatoms. The molecule has 0 aromatic heterocycles. The van der Waals surface area contributed by atoms with E-state index in [1.165, 1.54) is 64.2 Å². The van der Waals surface area contributed by atoms with Gasteiger partial charge in [-0.15, -0.1) is 0 Å². The number of hydrogen-bond donors (Lipinski definition) is 2. The van der Waals surface area contributed by atoms with E-state index in [0.29, 0.717) is 12.8 Å². The van der Waals surface area contributed by atoms with Gasteiger partial charge in [-0.25, -0.2) is 0 Å². The third kappa shape index (κ3) is 19.5. The number of carbonyl (C=O) groups is 2. The summed E-state index contributed by atoms with van der Waals surface area (Å²) in [4.78, 5) is 23.9. The van der Waals surface area contributed by atoms with Gasteiger partial charge in [0.15, 0.2) is 0 Å². The molecule has 0 heterocycles. The standard InChI is InChI=1S/C26H50O6/c1-3-5-7-9-11-13-15-17-19-21-24(28)31-26(30,23-27)32-25(29)22-20-18-16-14-12-10-8-6-4-2/h27,30H,3-23H2,1-2H3. The summed E-state index contributed by atoms with van der Waals surface area (Å²) < 4.78 is 9.69. The second kappa shape index (κ2) is 21.7. The Labute approximate surface area is 196 Å². The van der Waals surface area contributed by atoms with Crippen LogP contribution < -0.4 is 0 Å². The van der Waals surface area contributed by atoms with Crippen LogP contribution in [-0.2, 0) is 19.1 Å². The first-order valence-corrected chi connectivity index (χ1v) is 13.2. The number of unbranched alkanes of at least 4 members (excludes halogenated alkanes) is 16. The van der Waals surface area contributed by atoms with E-state index < -0.39 is 24.5 Å². The average molecular weight is 459 g/mol. The molecule has 0 aliphatic heterocycles. The highest BCUT2D eigenvalue weighted by atomic mass is 16.8. The molecule has 0 aliphatic carbocycles. The first kappa shape index (κ1) is 30.9. The van der Waals surface area contributed by atoms with Crippen molar-refractivity contribution in [3.8, 4) is 0 Å². The molecule has 0 aromatic rings. The quantitative estimate of drug-likeness (QED) is 0.102. The highest BCUT2D eigenvalue weighted by Crippen LogP contribution is 2.16. The minimum Gasteiger partial charge on any atom is -0.396 e. The van der Waals surface area contributed by atoms with Crippen LogP contribution in [0.1, 0.15) is 142 Å². The van der Waals surface area contributed by atoms with Gasteiger partial charge in [0.25, 0.3) is 0 Å². The number of aliphatic hydroxyl groups is 2. The van der Waals surface area contributed by atoms with E-state index in [4.69, 9.17) is 9.47 Å². The lowest BCUT2D eigenvalue weighted by atomic mass is 10.1. The predicted octanol–water partition coefficient (Wildman–Crippen LogP) is 6.55. The number of aliphatic hydroxyl groups excluding tert-OH is 1. The summed E-state index contributed by atoms with van der Waals surface area (Å²) in [6, 6.07) is 0. The summed E-state index contributed by atoms with van der Waals surface area (Å²) in [7, 11) is 0. The van der Waals surface area contributed by atoms with E-state index in [-0.39, 0.29) is 12.8 Å². The lowest BCUT2D eigenvalue weighted by Crippen LogP contribution is -2.43. The second-order valence-electron chi connectivity index (χ2n) is 8.98. The lowest BCUT2D eigenvalue weighted by molar-refractivity contribution is -0.337. The van der Waals surface area contributed by atoms with Crippen LogP contribution in [0.4, 0.5) is 0 Å². The number of rotatable bonds is 23. The zero-order valence-electron chi connectivity index (χ0n) is 20.9. The van der Waals surface area contributed by atoms with Crippen LogP contribution in [0.2, 0.25) is 0 Å². The van der Waals surface area contributed by atoms with Crippen molar-refractivity contribution in [2.45, 2.75) is 148 Å². The minimum absolute atomic E-state index is 0.133. The number of carbonyl (C=O) groups excluding carboxylic acids is 2. The second-order valence-corrected chi connectivity index (χ2v) is 8.98. The largest absolute Gasteiger partial charge is 0.398 e. The van der Waals surface area contributed by atoms with Crippen LogP contribution in [0.15, 0.2) is 0 Å². The molecule has 0 aliphatic rings. The van der Waals surface area contributed by atoms with E-state index in [1.54, 1.807) is 0 Å². The van der Waals surface area contributed by atoms with Crippen LogP contribution in [0.5, 0.6) is 0 Å². The molecular formula is C26H50O6. The molecule has 0 fully saturated rings. The molecule has 0 radical (unpaired) electrons. The van der Waals surface area contributed by atoms with Crippen molar-refractivity contribution in [2.75, 3.05) is 6.61 Å². The van der Waals surface area contributed by atoms with Gasteiger partial charge in [0.1, 0.15) is 6.61 Å². The number of hydrogen-bond acceptors (Lipinski definition) is 6. The highest BCUT2D eigenvalue weighted by molar-refractivity contribution is 5.71. The van der Waals surface area contributed by atoms with Crippen LogP contribution in [-0.4, -0.2) is 34.7 Å². The topological polar surface area (TPSA) is 93.1 Å². The maximum absolute atomic E-state index is 11.9. The van der Waals surface area contributed by atoms with E-state index >= 15 is 0 Å². The highest BCUT2D eigenvalue weighted by Gasteiger charge is 2.35. The van der Waals surface area contributed by atoms with Gasteiger partial charge in [-0.05, 0) is 12.8 Å². The van der Waals surface area contributed by atoms with E-state index in [1.807, 2.05) is 0 Å². The summed E-state index contributed by atoms with van der Waals surface area (Å²) >= 11 is 0. The zero-order valence-corrected chi connectivity index (χ0v) is 20.9. The molecule has 0 saturated carbocycles. The molecule has 2 N–H and O–H groups in total. The Hall–Kier alpha value is -1.14. The molecule has 32 heavy (non-hydrogen) atoms. The lowest BCUT2D eigenvalue weighted by Gasteiger charge is -2.24. The average Bonchev–Trinajstić information content (AvgIpc) is 2.76. The summed E-state index contributed by atoms with van der Waals surface area (Å²) in [5.41, 5.74) is 0. The summed E-state index contributed by atoms with van der Waals surface area (Å²) in [6.45, 7) is 3.44. The first-order valence-electron chi connectivity index (χ1n) is 13.2. The Morgan fingerprint density at radius 2 is 0.844 bits per heavy atom. The predicted molar refractivity (Wildman–Crippen MR) is 128 cm³/mol. The maximum Gasteiger partial charge on any atom is 0.398 e. The fraction of sp³-hybridized carbons (Fsp3) is 0.923. The van der Waals surface area contributed by atoms with Gasteiger partial charge >= 0.3 is 17.9 Å². The Morgan fingerprint density at radius 3 is 1.12 bits per heavy atom. The van der Waals surface area contributed by atoms with Gasteiger partial charge in [0.2, 0.25) is 0 Å². The molecule has 0 unspecified atom stereocenters. The van der Waals surface area contributed by atoms with Crippen LogP contribution >= 0.6 is 0 Å². The van der Waals surface area contributed by atoms with Crippen LogP contribution in [0, 0.1) is 0 Å². The van der Waals surface area contributed by atoms with Crippen molar-refractivity contribution < 1.29 is 29.3 Å². The Kier molecular flexibility index (Phi) is 20.9. The van der Waals surface area contributed by atoms with Crippen molar-refractivity contribution in [1.82, 2.24) is 0 Å². The first-order chi connectivity index (χ1) is 15.5. The molecule has 0 bridgehead atoms. The zero-order chi connectivity index (χ0) is 23.9. The fourth-order valence-electron chi connectivity index (χ4n) is 3.70. The number of ether oxygens (including phenoxy) is 2. The smallest absolute Gasteiger partial charge is 0.396 e. The number of esters is 2. The van der Waals surface area contributed by atoms with E-state index in [2.05, 4.69) is 13.8 Å². The van der Waals surface area contributed by atoms with Crippen molar-refractivity contribution in [1.29, 1.82) is 0 Å². The third-order valence-electron chi connectivity index (χ3n) is 5.72. The van der Waals surface area contributed by atoms with E-state index in [0.717, 1.165) is 38.5 Å². The van der Waals surface area contributed by atoms with Crippen molar-refractivity contribution in [3.05, 3.63) is 0 Å². The van der Waals surface area contributed by atoms with Crippen LogP contribution in [0.25, 0.3) is 0 Å². The molecular weight excluding hydrogens is 408 g/mol. The summed E-state index contributed by atoms with van der Waals surface area (Å²) in [6.07, 6.45) is 20.5. The monoisotopic (exact) mass is 458 g/mol. The van der Waals surface area contributed by atoms with Gasteiger partial charge in [-0.2, -0.15) is 0 Å².